The van der Waals surface area contributed by atoms with Crippen LogP contribution in [-0.4, -0.2) is 56.8 Å². The normalized spacial score (nSPS) is 28.2. The van der Waals surface area contributed by atoms with Gasteiger partial charge in [0.05, 0.1) is 0 Å². The van der Waals surface area contributed by atoms with E-state index in [1.807, 2.05) is 0 Å². The molecule has 1 heterocycles. The maximum Gasteiger partial charge on any atom is 0.177 e. The first-order chi connectivity index (χ1) is 5.74. The summed E-state index contributed by atoms with van der Waals surface area (Å²) < 4.78 is 5.24. The minimum absolute atomic E-state index is 0.0417. The van der Waals surface area contributed by atoms with Crippen molar-refractivity contribution in [2.45, 2.75) is 27.1 Å². The smallest absolute Gasteiger partial charge is 0.177 e. The molecule has 1 rings (SSSR count). The molecular weight excluding hydrogens is 166 g/mol. The van der Waals surface area contributed by atoms with Crippen LogP contribution < -0.4 is 0 Å². The third kappa shape index (κ3) is 1.71. The van der Waals surface area contributed by atoms with Crippen molar-refractivity contribution in [1.82, 2.24) is 14.0 Å². The van der Waals surface area contributed by atoms with Crippen LogP contribution in [-0.2, 0) is 0 Å². The van der Waals surface area contributed by atoms with E-state index in [0.29, 0.717) is 6.29 Å². The second-order valence-electron chi connectivity index (χ2n) is 3.37. The van der Waals surface area contributed by atoms with Gasteiger partial charge in [-0.3, -0.25) is 14.0 Å². The fourth-order valence-electron chi connectivity index (χ4n) is 1.76. The first-order valence-electron chi connectivity index (χ1n) is 4.92. The Kier molecular flexibility index (Phi) is 3.70. The molecule has 0 N–H and O–H groups in total. The predicted molar refractivity (Wildman–Crippen MR) is 55.4 cm³/mol. The molecule has 0 aliphatic carbocycles. The Morgan fingerprint density at radius 2 is 1.67 bits per heavy atom. The van der Waals surface area contributed by atoms with E-state index in [-0.39, 0.29) is 9.84 Å². The van der Waals surface area contributed by atoms with Gasteiger partial charge in [0, 0.05) is 0 Å². The van der Waals surface area contributed by atoms with Gasteiger partial charge in [-0.1, -0.05) is 20.8 Å². The van der Waals surface area contributed by atoms with E-state index < -0.39 is 0 Å². The van der Waals surface area contributed by atoms with Gasteiger partial charge in [0.15, 0.2) is 9.84 Å². The first-order valence-corrected chi connectivity index (χ1v) is 6.19. The summed E-state index contributed by atoms with van der Waals surface area (Å²) >= 11 is 0. The van der Waals surface area contributed by atoms with Crippen LogP contribution in [0.15, 0.2) is 0 Å². The van der Waals surface area contributed by atoms with Crippen LogP contribution in [0.1, 0.15) is 20.8 Å². The van der Waals surface area contributed by atoms with E-state index in [1.165, 1.54) is 13.1 Å². The largest absolute Gasteiger partial charge is 0.290 e. The zero-order valence-corrected chi connectivity index (χ0v) is 10.2. The standard InChI is InChI=1S/C8H21N3Si/c1-5-9(4)8-10(6-2)12-11(8)7-3/h8H,5-7,12H2,1-4H3. The van der Waals surface area contributed by atoms with Crippen molar-refractivity contribution in [3.63, 3.8) is 0 Å². The zero-order chi connectivity index (χ0) is 9.14. The fraction of sp³-hybridized carbons (Fsp3) is 1.00. The Labute approximate surface area is 78.3 Å². The lowest BCUT2D eigenvalue weighted by atomic mass is 10.5. The van der Waals surface area contributed by atoms with Gasteiger partial charge in [0.25, 0.3) is 0 Å². The van der Waals surface area contributed by atoms with Crippen molar-refractivity contribution in [2.75, 3.05) is 26.7 Å². The summed E-state index contributed by atoms with van der Waals surface area (Å²) in [6, 6.07) is 0. The van der Waals surface area contributed by atoms with Crippen LogP contribution in [0.3, 0.4) is 0 Å². The molecule has 4 heteroatoms. The quantitative estimate of drug-likeness (QED) is 0.568. The predicted octanol–water partition coefficient (Wildman–Crippen LogP) is -0.122. The molecule has 72 valence electrons. The minimum Gasteiger partial charge on any atom is -0.290 e. The minimum atomic E-state index is -0.0417. The van der Waals surface area contributed by atoms with E-state index in [0.717, 1.165) is 6.54 Å². The fourth-order valence-corrected chi connectivity index (χ4v) is 3.63. The molecular formula is C8H21N3Si. The van der Waals surface area contributed by atoms with Gasteiger partial charge in [0.2, 0.25) is 0 Å². The Hall–Kier alpha value is 0.0969. The topological polar surface area (TPSA) is 9.72 Å². The molecule has 3 nitrogen and oxygen atoms in total. The number of rotatable bonds is 4. The lowest BCUT2D eigenvalue weighted by molar-refractivity contribution is -0.0207. The summed E-state index contributed by atoms with van der Waals surface area (Å²) in [6.07, 6.45) is 0.622. The van der Waals surface area contributed by atoms with Gasteiger partial charge in [-0.25, -0.2) is 0 Å². The molecule has 0 aromatic rings. The van der Waals surface area contributed by atoms with E-state index in [2.05, 4.69) is 41.8 Å². The van der Waals surface area contributed by atoms with Crippen molar-refractivity contribution in [2.24, 2.45) is 0 Å². The van der Waals surface area contributed by atoms with Gasteiger partial charge >= 0.3 is 0 Å². The molecule has 0 unspecified atom stereocenters. The maximum absolute atomic E-state index is 2.62. The van der Waals surface area contributed by atoms with Crippen molar-refractivity contribution >= 4 is 9.84 Å². The summed E-state index contributed by atoms with van der Waals surface area (Å²) in [6.45, 7) is 10.3. The third-order valence-corrected chi connectivity index (χ3v) is 5.00. The summed E-state index contributed by atoms with van der Waals surface area (Å²) in [5, 5.41) is 0. The highest BCUT2D eigenvalue weighted by Crippen LogP contribution is 2.17. The molecule has 0 aromatic carbocycles. The molecule has 0 bridgehead atoms. The molecule has 0 amide bonds. The molecule has 0 saturated carbocycles. The Balaban J connectivity index is 2.45. The van der Waals surface area contributed by atoms with E-state index in [4.69, 9.17) is 0 Å². The lowest BCUT2D eigenvalue weighted by Gasteiger charge is -2.53. The molecule has 0 aromatic heterocycles. The first kappa shape index (κ1) is 10.2. The van der Waals surface area contributed by atoms with Crippen LogP contribution in [0.25, 0.3) is 0 Å². The third-order valence-electron chi connectivity index (χ3n) is 2.72. The summed E-state index contributed by atoms with van der Waals surface area (Å²) in [7, 11) is 2.17. The highest BCUT2D eigenvalue weighted by atomic mass is 28.2. The number of hydrogen-bond acceptors (Lipinski definition) is 3. The van der Waals surface area contributed by atoms with Crippen molar-refractivity contribution in [3.8, 4) is 0 Å². The maximum atomic E-state index is 2.62. The molecule has 1 aliphatic heterocycles. The summed E-state index contributed by atoms with van der Waals surface area (Å²) in [4.78, 5) is 2.42. The second kappa shape index (κ2) is 4.37. The monoisotopic (exact) mass is 187 g/mol. The summed E-state index contributed by atoms with van der Waals surface area (Å²) in [5.74, 6) is 0. The molecule has 12 heavy (non-hydrogen) atoms. The van der Waals surface area contributed by atoms with Crippen molar-refractivity contribution < 1.29 is 0 Å². The van der Waals surface area contributed by atoms with Crippen LogP contribution >= 0.6 is 0 Å². The number of nitrogens with zero attached hydrogens (tertiary/aromatic N) is 3. The van der Waals surface area contributed by atoms with E-state index in [1.54, 1.807) is 0 Å². The van der Waals surface area contributed by atoms with Gasteiger partial charge in [-0.2, -0.15) is 0 Å². The number of hydrogen-bond donors (Lipinski definition) is 0. The molecule has 1 fully saturated rings. The van der Waals surface area contributed by atoms with Crippen molar-refractivity contribution in [1.29, 1.82) is 0 Å². The van der Waals surface area contributed by atoms with Crippen molar-refractivity contribution in [3.05, 3.63) is 0 Å². The molecule has 1 saturated heterocycles. The average molecular weight is 187 g/mol. The van der Waals surface area contributed by atoms with E-state index in [9.17, 15) is 0 Å². The second-order valence-corrected chi connectivity index (χ2v) is 5.28. The van der Waals surface area contributed by atoms with Crippen LogP contribution in [0.2, 0.25) is 0 Å². The Bertz CT molecular complexity index is 124. The van der Waals surface area contributed by atoms with Crippen LogP contribution in [0, 0.1) is 0 Å². The van der Waals surface area contributed by atoms with Crippen LogP contribution in [0.5, 0.6) is 0 Å². The highest BCUT2D eigenvalue weighted by molar-refractivity contribution is 6.32. The Morgan fingerprint density at radius 3 is 2.00 bits per heavy atom. The van der Waals surface area contributed by atoms with Gasteiger partial charge in [-0.15, -0.1) is 0 Å². The SMILES string of the molecule is CCN(C)C1N(CC)[SiH2]N1CC. The molecule has 0 spiro atoms. The average Bonchev–Trinajstić information content (AvgIpc) is 2.04. The lowest BCUT2D eigenvalue weighted by Crippen LogP contribution is -2.71. The molecule has 1 aliphatic rings. The molecule has 0 atom stereocenters. The summed E-state index contributed by atoms with van der Waals surface area (Å²) in [5.41, 5.74) is 0. The van der Waals surface area contributed by atoms with Gasteiger partial charge in [0.1, 0.15) is 6.29 Å². The highest BCUT2D eigenvalue weighted by Gasteiger charge is 2.36. The van der Waals surface area contributed by atoms with E-state index >= 15 is 0 Å². The van der Waals surface area contributed by atoms with Crippen LogP contribution in [0.4, 0.5) is 0 Å². The molecule has 0 radical (unpaired) electrons. The van der Waals surface area contributed by atoms with Gasteiger partial charge < -0.3 is 0 Å². The zero-order valence-electron chi connectivity index (χ0n) is 8.75. The van der Waals surface area contributed by atoms with Gasteiger partial charge in [-0.05, 0) is 26.7 Å². The Morgan fingerprint density at radius 1 is 1.17 bits per heavy atom.